The van der Waals surface area contributed by atoms with Crippen molar-refractivity contribution in [3.8, 4) is 0 Å². The molecule has 2 atom stereocenters. The quantitative estimate of drug-likeness (QED) is 0.172. The van der Waals surface area contributed by atoms with E-state index in [1.807, 2.05) is 49.7 Å². The Kier molecular flexibility index (Phi) is 8.73. The number of ketones is 1. The van der Waals surface area contributed by atoms with Crippen LogP contribution in [0.5, 0.6) is 0 Å². The number of carbonyl (C=O) groups is 1. The van der Waals surface area contributed by atoms with E-state index in [2.05, 4.69) is 54.3 Å². The van der Waals surface area contributed by atoms with Crippen LogP contribution in [0.1, 0.15) is 71.2 Å². The molecule has 0 amide bonds. The third-order valence-electron chi connectivity index (χ3n) is 9.47. The number of sulfonamides is 1. The van der Waals surface area contributed by atoms with Gasteiger partial charge >= 0.3 is 0 Å². The maximum Gasteiger partial charge on any atom is 0.243 e. The molecule has 0 saturated heterocycles. The number of aryl methyl sites for hydroxylation is 3. The van der Waals surface area contributed by atoms with Crippen LogP contribution < -0.4 is 0 Å². The van der Waals surface area contributed by atoms with Crippen LogP contribution in [0.3, 0.4) is 0 Å². The van der Waals surface area contributed by atoms with Gasteiger partial charge < -0.3 is 0 Å². The predicted molar refractivity (Wildman–Crippen MR) is 182 cm³/mol. The first-order valence-electron chi connectivity index (χ1n) is 15.8. The van der Waals surface area contributed by atoms with E-state index in [4.69, 9.17) is 0 Å². The van der Waals surface area contributed by atoms with Crippen molar-refractivity contribution < 1.29 is 13.2 Å². The third kappa shape index (κ3) is 5.82. The summed E-state index contributed by atoms with van der Waals surface area (Å²) in [5.74, 6) is 0.000518. The van der Waals surface area contributed by atoms with Gasteiger partial charge in [0.05, 0.1) is 10.4 Å². The SMILES string of the molecule is CCn1nnc2c(C)c([C@H](c3cc(CN4C[C@@H](C)Cc5ccccc5S4(=O)=O)c(C)s3)C(C)(C)C(=O)Cc3cccnc3)ccc21. The van der Waals surface area contributed by atoms with Crippen LogP contribution in [0.4, 0.5) is 0 Å². The van der Waals surface area contributed by atoms with Crippen LogP contribution in [-0.4, -0.2) is 45.0 Å². The average molecular weight is 656 g/mol. The molecule has 0 aliphatic carbocycles. The molecule has 0 spiro atoms. The molecule has 0 bridgehead atoms. The Bertz CT molecular complexity index is 2010. The summed E-state index contributed by atoms with van der Waals surface area (Å²) in [5, 5.41) is 8.88. The van der Waals surface area contributed by atoms with Gasteiger partial charge in [0.2, 0.25) is 10.0 Å². The van der Waals surface area contributed by atoms with Gasteiger partial charge in [0.15, 0.2) is 0 Å². The van der Waals surface area contributed by atoms with Gasteiger partial charge in [-0.3, -0.25) is 9.78 Å². The lowest BCUT2D eigenvalue weighted by Gasteiger charge is -2.34. The molecule has 0 N–H and O–H groups in total. The Morgan fingerprint density at radius 3 is 2.63 bits per heavy atom. The van der Waals surface area contributed by atoms with Crippen LogP contribution in [0.25, 0.3) is 11.0 Å². The molecule has 10 heteroatoms. The van der Waals surface area contributed by atoms with Crippen molar-refractivity contribution in [3.05, 3.63) is 105 Å². The van der Waals surface area contributed by atoms with Crippen LogP contribution in [0.15, 0.2) is 71.9 Å². The van der Waals surface area contributed by atoms with Crippen molar-refractivity contribution in [2.24, 2.45) is 11.3 Å². The number of nitrogens with zero attached hydrogens (tertiary/aromatic N) is 5. The van der Waals surface area contributed by atoms with Crippen molar-refractivity contribution in [1.29, 1.82) is 0 Å². The van der Waals surface area contributed by atoms with Crippen molar-refractivity contribution in [2.75, 3.05) is 6.54 Å². The second-order valence-corrected chi connectivity index (χ2v) is 16.3. The Hall–Kier alpha value is -3.73. The number of fused-ring (bicyclic) bond motifs is 2. The third-order valence-corrected chi connectivity index (χ3v) is 12.5. The molecule has 0 radical (unpaired) electrons. The molecule has 2 aromatic carbocycles. The minimum Gasteiger partial charge on any atom is -0.299 e. The van der Waals surface area contributed by atoms with E-state index in [-0.39, 0.29) is 30.6 Å². The lowest BCUT2D eigenvalue weighted by molar-refractivity contribution is -0.127. The van der Waals surface area contributed by atoms with E-state index in [1.54, 1.807) is 40.2 Å². The van der Waals surface area contributed by atoms with Crippen LogP contribution in [0, 0.1) is 25.2 Å². The second-order valence-electron chi connectivity index (χ2n) is 13.1. The van der Waals surface area contributed by atoms with Gasteiger partial charge in [0.25, 0.3) is 0 Å². The van der Waals surface area contributed by atoms with Gasteiger partial charge in [0, 0.05) is 59.5 Å². The van der Waals surface area contributed by atoms with Gasteiger partial charge in [-0.25, -0.2) is 13.1 Å². The van der Waals surface area contributed by atoms with E-state index in [1.165, 1.54) is 0 Å². The highest BCUT2D eigenvalue weighted by Crippen LogP contribution is 2.47. The Balaban J connectivity index is 1.43. The van der Waals surface area contributed by atoms with E-state index in [0.717, 1.165) is 55.0 Å². The normalized spacial score (nSPS) is 17.5. The minimum atomic E-state index is -3.68. The van der Waals surface area contributed by atoms with E-state index in [9.17, 15) is 13.2 Å². The number of carbonyl (C=O) groups excluding carboxylic acids is 1. The van der Waals surface area contributed by atoms with Gasteiger partial charge in [-0.15, -0.1) is 16.4 Å². The number of rotatable bonds is 9. The fraction of sp³-hybridized carbons (Fsp3) is 0.389. The number of hydrogen-bond donors (Lipinski definition) is 0. The molecule has 0 saturated carbocycles. The zero-order chi connectivity index (χ0) is 32.8. The fourth-order valence-corrected chi connectivity index (χ4v) is 9.96. The number of Topliss-reactive ketones (excluding diaryl/α,β-unsaturated/α-hetero) is 1. The first-order valence-corrected chi connectivity index (χ1v) is 18.1. The molecule has 4 heterocycles. The topological polar surface area (TPSA) is 98.0 Å². The van der Waals surface area contributed by atoms with E-state index < -0.39 is 15.4 Å². The summed E-state index contributed by atoms with van der Waals surface area (Å²) in [7, 11) is -3.68. The molecule has 8 nitrogen and oxygen atoms in total. The molecular formula is C36H41N5O3S2. The summed E-state index contributed by atoms with van der Waals surface area (Å²) in [6, 6.07) is 17.4. The van der Waals surface area contributed by atoms with Crippen molar-refractivity contribution in [3.63, 3.8) is 0 Å². The predicted octanol–water partition coefficient (Wildman–Crippen LogP) is 6.88. The molecule has 0 unspecified atom stereocenters. The fourth-order valence-electron chi connectivity index (χ4n) is 6.84. The van der Waals surface area contributed by atoms with Crippen LogP contribution in [-0.2, 0) is 40.7 Å². The summed E-state index contributed by atoms with van der Waals surface area (Å²) in [5.41, 5.74) is 5.73. The average Bonchev–Trinajstić information content (AvgIpc) is 3.59. The Morgan fingerprint density at radius 1 is 1.11 bits per heavy atom. The first kappa shape index (κ1) is 32.2. The van der Waals surface area contributed by atoms with Gasteiger partial charge in [0.1, 0.15) is 11.3 Å². The molecule has 3 aromatic heterocycles. The summed E-state index contributed by atoms with van der Waals surface area (Å²) >= 11 is 1.64. The van der Waals surface area contributed by atoms with Crippen molar-refractivity contribution in [1.82, 2.24) is 24.3 Å². The molecule has 0 fully saturated rings. The molecule has 46 heavy (non-hydrogen) atoms. The standard InChI is InChI=1S/C36H41N5O3S2/c1-7-41-30-15-14-29(24(3)35(30)38-39-41)34(36(5,6)33(42)18-26-11-10-16-37-20-26)31-19-28(25(4)45-31)22-40-21-23(2)17-27-12-8-9-13-32(27)46(40,43)44/h8-16,19-20,23,34H,7,17-18,21-22H2,1-6H3/t23-,34+/m0/s1. The zero-order valence-electron chi connectivity index (χ0n) is 27.3. The summed E-state index contributed by atoms with van der Waals surface area (Å²) in [6.07, 6.45) is 4.45. The van der Waals surface area contributed by atoms with E-state index in [0.29, 0.717) is 18.0 Å². The Labute approximate surface area is 275 Å². The summed E-state index contributed by atoms with van der Waals surface area (Å²) in [4.78, 5) is 20.9. The maximum absolute atomic E-state index is 14.2. The maximum atomic E-state index is 14.2. The van der Waals surface area contributed by atoms with E-state index >= 15 is 0 Å². The van der Waals surface area contributed by atoms with Gasteiger partial charge in [-0.2, -0.15) is 4.31 Å². The molecule has 1 aliphatic rings. The molecule has 1 aliphatic heterocycles. The lowest BCUT2D eigenvalue weighted by atomic mass is 9.69. The summed E-state index contributed by atoms with van der Waals surface area (Å²) < 4.78 is 31.4. The molecule has 5 aromatic rings. The summed E-state index contributed by atoms with van der Waals surface area (Å²) in [6.45, 7) is 13.7. The molecular weight excluding hydrogens is 615 g/mol. The number of pyridine rings is 1. The number of aromatic nitrogens is 4. The minimum absolute atomic E-state index is 0.107. The molecule has 6 rings (SSSR count). The zero-order valence-corrected chi connectivity index (χ0v) is 29.0. The highest BCUT2D eigenvalue weighted by Gasteiger charge is 2.41. The van der Waals surface area contributed by atoms with Crippen LogP contribution >= 0.6 is 11.3 Å². The second kappa shape index (κ2) is 12.5. The van der Waals surface area contributed by atoms with Crippen LogP contribution in [0.2, 0.25) is 0 Å². The highest BCUT2D eigenvalue weighted by atomic mass is 32.2. The Morgan fingerprint density at radius 2 is 1.89 bits per heavy atom. The highest BCUT2D eigenvalue weighted by molar-refractivity contribution is 7.89. The monoisotopic (exact) mass is 655 g/mol. The molecule has 240 valence electrons. The van der Waals surface area contributed by atoms with Gasteiger partial charge in [-0.1, -0.05) is 56.3 Å². The lowest BCUT2D eigenvalue weighted by Crippen LogP contribution is -2.34. The smallest absolute Gasteiger partial charge is 0.243 e. The number of thiophene rings is 1. The number of benzene rings is 2. The van der Waals surface area contributed by atoms with Crippen molar-refractivity contribution >= 4 is 38.2 Å². The number of hydrogen-bond acceptors (Lipinski definition) is 7. The largest absolute Gasteiger partial charge is 0.299 e. The van der Waals surface area contributed by atoms with Crippen molar-refractivity contribution in [2.45, 2.75) is 78.3 Å². The van der Waals surface area contributed by atoms with Gasteiger partial charge in [-0.05, 0) is 85.2 Å². The first-order chi connectivity index (χ1) is 21.9.